The van der Waals surface area contributed by atoms with E-state index in [1.165, 1.54) is 11.3 Å². The van der Waals surface area contributed by atoms with Crippen molar-refractivity contribution >= 4 is 17.2 Å². The highest BCUT2D eigenvalue weighted by Gasteiger charge is 2.20. The van der Waals surface area contributed by atoms with Crippen molar-refractivity contribution in [1.82, 2.24) is 9.88 Å². The average molecular weight is 225 g/mol. The van der Waals surface area contributed by atoms with Crippen molar-refractivity contribution in [2.24, 2.45) is 18.0 Å². The lowest BCUT2D eigenvalue weighted by Crippen LogP contribution is -2.34. The molecule has 1 atom stereocenters. The molecular formula is C10H15N3OS. The molecule has 1 unspecified atom stereocenters. The predicted molar refractivity (Wildman–Crippen MR) is 59.5 cm³/mol. The number of nitrogens with zero attached hydrogens (tertiary/aromatic N) is 2. The summed E-state index contributed by atoms with van der Waals surface area (Å²) in [6.45, 7) is 1.80. The Balaban J connectivity index is 2.12. The highest BCUT2D eigenvalue weighted by atomic mass is 32.1. The second-order valence-corrected chi connectivity index (χ2v) is 4.66. The fourth-order valence-corrected chi connectivity index (χ4v) is 2.42. The van der Waals surface area contributed by atoms with E-state index < -0.39 is 0 Å². The van der Waals surface area contributed by atoms with Crippen LogP contribution in [0.1, 0.15) is 12.8 Å². The molecule has 1 aromatic heterocycles. The Labute approximate surface area is 92.7 Å². The van der Waals surface area contributed by atoms with E-state index in [0.717, 1.165) is 30.7 Å². The number of carbonyl (C=O) groups is 1. The number of aromatic nitrogens is 1. The van der Waals surface area contributed by atoms with Crippen LogP contribution < -0.4 is 10.1 Å². The molecule has 1 amide bonds. The van der Waals surface area contributed by atoms with Crippen LogP contribution in [0.3, 0.4) is 0 Å². The van der Waals surface area contributed by atoms with Crippen molar-refractivity contribution in [3.05, 3.63) is 16.4 Å². The van der Waals surface area contributed by atoms with Crippen molar-refractivity contribution in [3.8, 4) is 0 Å². The molecule has 4 nitrogen and oxygen atoms in total. The lowest BCUT2D eigenvalue weighted by Gasteiger charge is -2.19. The molecule has 5 heteroatoms. The first kappa shape index (κ1) is 10.6. The highest BCUT2D eigenvalue weighted by Crippen LogP contribution is 2.11. The summed E-state index contributed by atoms with van der Waals surface area (Å²) in [6, 6.07) is 0. The summed E-state index contributed by atoms with van der Waals surface area (Å²) in [5, 5.41) is 5.16. The van der Waals surface area contributed by atoms with Crippen LogP contribution in [0, 0.1) is 5.92 Å². The number of thiazole rings is 1. The summed E-state index contributed by atoms with van der Waals surface area (Å²) in [5.74, 6) is 0.0844. The molecule has 1 saturated heterocycles. The Morgan fingerprint density at radius 1 is 1.73 bits per heavy atom. The summed E-state index contributed by atoms with van der Waals surface area (Å²) in [5.41, 5.74) is 0. The van der Waals surface area contributed by atoms with E-state index in [1.807, 2.05) is 23.2 Å². The summed E-state index contributed by atoms with van der Waals surface area (Å²) >= 11 is 1.50. The van der Waals surface area contributed by atoms with Gasteiger partial charge in [-0.1, -0.05) is 0 Å². The van der Waals surface area contributed by atoms with Gasteiger partial charge in [-0.25, -0.2) is 0 Å². The Bertz CT molecular complexity index is 401. The Morgan fingerprint density at radius 2 is 2.60 bits per heavy atom. The minimum Gasteiger partial charge on any atom is -0.327 e. The topological polar surface area (TPSA) is 46.4 Å². The van der Waals surface area contributed by atoms with Crippen LogP contribution in [-0.4, -0.2) is 23.6 Å². The first-order valence-electron chi connectivity index (χ1n) is 5.17. The second-order valence-electron chi connectivity index (χ2n) is 3.79. The zero-order chi connectivity index (χ0) is 10.7. The number of hydrogen-bond acceptors (Lipinski definition) is 3. The monoisotopic (exact) mass is 225 g/mol. The van der Waals surface area contributed by atoms with Gasteiger partial charge in [-0.3, -0.25) is 4.79 Å². The third-order valence-corrected chi connectivity index (χ3v) is 3.46. The number of carbonyl (C=O) groups excluding carboxylic acids is 1. The van der Waals surface area contributed by atoms with Crippen LogP contribution in [0.15, 0.2) is 16.6 Å². The summed E-state index contributed by atoms with van der Waals surface area (Å²) in [4.78, 5) is 16.7. The molecule has 0 bridgehead atoms. The number of amides is 1. The summed E-state index contributed by atoms with van der Waals surface area (Å²) < 4.78 is 1.87. The van der Waals surface area contributed by atoms with Crippen molar-refractivity contribution < 1.29 is 4.79 Å². The van der Waals surface area contributed by atoms with Gasteiger partial charge in [0.25, 0.3) is 5.91 Å². The summed E-state index contributed by atoms with van der Waals surface area (Å²) in [6.07, 6.45) is 3.95. The standard InChI is InChI=1S/C10H15N3OS/c1-13-5-6-15-10(13)12-9(14)8-3-2-4-11-7-8/h5-6,8,11H,2-4,7H2,1H3. The molecule has 1 aliphatic heterocycles. The highest BCUT2D eigenvalue weighted by molar-refractivity contribution is 7.07. The van der Waals surface area contributed by atoms with Crippen molar-refractivity contribution in [2.45, 2.75) is 12.8 Å². The maximum absolute atomic E-state index is 11.8. The molecule has 15 heavy (non-hydrogen) atoms. The van der Waals surface area contributed by atoms with E-state index in [-0.39, 0.29) is 11.8 Å². The normalized spacial score (nSPS) is 23.0. The second kappa shape index (κ2) is 4.72. The SMILES string of the molecule is Cn1ccsc1=NC(=O)C1CCCNC1. The van der Waals surface area contributed by atoms with Gasteiger partial charge in [0.05, 0.1) is 5.92 Å². The fourth-order valence-electron chi connectivity index (χ4n) is 1.68. The maximum atomic E-state index is 11.8. The minimum atomic E-state index is 0.0141. The van der Waals surface area contributed by atoms with Gasteiger partial charge in [0, 0.05) is 25.2 Å². The van der Waals surface area contributed by atoms with Crippen LogP contribution in [0.2, 0.25) is 0 Å². The maximum Gasteiger partial charge on any atom is 0.252 e. The zero-order valence-corrected chi connectivity index (χ0v) is 9.59. The van der Waals surface area contributed by atoms with Crippen molar-refractivity contribution in [1.29, 1.82) is 0 Å². The lowest BCUT2D eigenvalue weighted by atomic mass is 9.99. The molecule has 2 heterocycles. The molecule has 0 radical (unpaired) electrons. The molecule has 1 fully saturated rings. The molecule has 0 aliphatic carbocycles. The van der Waals surface area contributed by atoms with Crippen LogP contribution in [0.25, 0.3) is 0 Å². The summed E-state index contributed by atoms with van der Waals surface area (Å²) in [7, 11) is 1.90. The van der Waals surface area contributed by atoms with E-state index >= 15 is 0 Å². The van der Waals surface area contributed by atoms with Gasteiger partial charge in [-0.15, -0.1) is 11.3 Å². The Kier molecular flexibility index (Phi) is 3.33. The fraction of sp³-hybridized carbons (Fsp3) is 0.600. The van der Waals surface area contributed by atoms with E-state index in [4.69, 9.17) is 0 Å². The van der Waals surface area contributed by atoms with E-state index in [9.17, 15) is 4.79 Å². The first-order chi connectivity index (χ1) is 7.27. The molecule has 1 aromatic rings. The van der Waals surface area contributed by atoms with Crippen LogP contribution >= 0.6 is 11.3 Å². The number of piperidine rings is 1. The zero-order valence-electron chi connectivity index (χ0n) is 8.77. The van der Waals surface area contributed by atoms with E-state index in [0.29, 0.717) is 0 Å². The van der Waals surface area contributed by atoms with Crippen molar-refractivity contribution in [2.75, 3.05) is 13.1 Å². The van der Waals surface area contributed by atoms with Crippen LogP contribution in [0.5, 0.6) is 0 Å². The Hall–Kier alpha value is -0.940. The van der Waals surface area contributed by atoms with Gasteiger partial charge in [-0.05, 0) is 19.4 Å². The third-order valence-electron chi connectivity index (χ3n) is 2.61. The molecule has 1 N–H and O–H groups in total. The Morgan fingerprint density at radius 3 is 3.20 bits per heavy atom. The molecule has 0 spiro atoms. The van der Waals surface area contributed by atoms with Gasteiger partial charge in [-0.2, -0.15) is 4.99 Å². The average Bonchev–Trinajstić information content (AvgIpc) is 2.66. The van der Waals surface area contributed by atoms with E-state index in [2.05, 4.69) is 10.3 Å². The number of aryl methyl sites for hydroxylation is 1. The third kappa shape index (κ3) is 2.54. The molecule has 0 aromatic carbocycles. The predicted octanol–water partition coefficient (Wildman–Crippen LogP) is 0.513. The number of rotatable bonds is 1. The van der Waals surface area contributed by atoms with Gasteiger partial charge in [0.2, 0.25) is 0 Å². The lowest BCUT2D eigenvalue weighted by molar-refractivity contribution is -0.122. The quantitative estimate of drug-likeness (QED) is 0.757. The largest absolute Gasteiger partial charge is 0.327 e. The van der Waals surface area contributed by atoms with Crippen LogP contribution in [0.4, 0.5) is 0 Å². The molecule has 2 rings (SSSR count). The smallest absolute Gasteiger partial charge is 0.252 e. The van der Waals surface area contributed by atoms with Gasteiger partial charge >= 0.3 is 0 Å². The molecule has 82 valence electrons. The van der Waals surface area contributed by atoms with Crippen LogP contribution in [-0.2, 0) is 11.8 Å². The molecule has 0 saturated carbocycles. The molecule has 1 aliphatic rings. The molecular weight excluding hydrogens is 210 g/mol. The minimum absolute atomic E-state index is 0.0141. The van der Waals surface area contributed by atoms with Crippen molar-refractivity contribution in [3.63, 3.8) is 0 Å². The van der Waals surface area contributed by atoms with E-state index in [1.54, 1.807) is 0 Å². The van der Waals surface area contributed by atoms with Gasteiger partial charge in [0.1, 0.15) is 0 Å². The first-order valence-corrected chi connectivity index (χ1v) is 6.05. The number of nitrogens with one attached hydrogen (secondary N) is 1. The number of hydrogen-bond donors (Lipinski definition) is 1. The van der Waals surface area contributed by atoms with Gasteiger partial charge < -0.3 is 9.88 Å². The van der Waals surface area contributed by atoms with Gasteiger partial charge in [0.15, 0.2) is 4.80 Å².